The summed E-state index contributed by atoms with van der Waals surface area (Å²) in [7, 11) is 0. The summed E-state index contributed by atoms with van der Waals surface area (Å²) in [6.07, 6.45) is 40.9. The zero-order chi connectivity index (χ0) is 38.9. The second-order valence-corrected chi connectivity index (χ2v) is 16.3. The first-order valence-corrected chi connectivity index (χ1v) is 23.4. The maximum atomic E-state index is 12.6. The van der Waals surface area contributed by atoms with Crippen LogP contribution in [0.1, 0.15) is 259 Å². The van der Waals surface area contributed by atoms with Crippen LogP contribution in [0, 0.1) is 5.92 Å². The highest BCUT2D eigenvalue weighted by atomic mass is 16.6. The Morgan fingerprint density at radius 1 is 0.377 bits per heavy atom. The molecule has 6 heteroatoms. The lowest BCUT2D eigenvalue weighted by Gasteiger charge is -2.18. The molecule has 314 valence electrons. The normalized spacial score (nSPS) is 12.5. The number of hydrogen-bond acceptors (Lipinski definition) is 6. The lowest BCUT2D eigenvalue weighted by molar-refractivity contribution is -0.167. The van der Waals surface area contributed by atoms with Crippen LogP contribution in [0.5, 0.6) is 0 Å². The average Bonchev–Trinajstić information content (AvgIpc) is 3.15. The second kappa shape index (κ2) is 41.6. The van der Waals surface area contributed by atoms with Crippen molar-refractivity contribution < 1.29 is 28.6 Å². The van der Waals surface area contributed by atoms with Crippen molar-refractivity contribution in [3.05, 3.63) is 0 Å². The van der Waals surface area contributed by atoms with Crippen molar-refractivity contribution >= 4 is 17.9 Å². The molecule has 0 bridgehead atoms. The minimum Gasteiger partial charge on any atom is -0.462 e. The smallest absolute Gasteiger partial charge is 0.306 e. The minimum absolute atomic E-state index is 0.0641. The maximum absolute atomic E-state index is 12.6. The third kappa shape index (κ3) is 39.9. The molecule has 0 aliphatic carbocycles. The van der Waals surface area contributed by atoms with Crippen LogP contribution < -0.4 is 0 Å². The topological polar surface area (TPSA) is 78.9 Å². The molecule has 0 saturated carbocycles. The highest BCUT2D eigenvalue weighted by Gasteiger charge is 2.19. The fourth-order valence-electron chi connectivity index (χ4n) is 6.95. The molecule has 0 spiro atoms. The second-order valence-electron chi connectivity index (χ2n) is 16.3. The summed E-state index contributed by atoms with van der Waals surface area (Å²) in [5, 5.41) is 0. The van der Waals surface area contributed by atoms with Gasteiger partial charge in [-0.25, -0.2) is 0 Å². The quantitative estimate of drug-likeness (QED) is 0.0351. The zero-order valence-corrected chi connectivity index (χ0v) is 36.0. The summed E-state index contributed by atoms with van der Waals surface area (Å²) in [6, 6.07) is 0. The Morgan fingerprint density at radius 3 is 0.981 bits per heavy atom. The van der Waals surface area contributed by atoms with Crippen LogP contribution in [0.3, 0.4) is 0 Å². The lowest BCUT2D eigenvalue weighted by Crippen LogP contribution is -2.30. The van der Waals surface area contributed by atoms with Gasteiger partial charge in [0.15, 0.2) is 6.10 Å². The van der Waals surface area contributed by atoms with E-state index in [-0.39, 0.29) is 31.1 Å². The highest BCUT2D eigenvalue weighted by Crippen LogP contribution is 2.17. The van der Waals surface area contributed by atoms with Crippen molar-refractivity contribution in [1.29, 1.82) is 0 Å². The lowest BCUT2D eigenvalue weighted by atomic mass is 9.99. The van der Waals surface area contributed by atoms with Crippen molar-refractivity contribution in [3.63, 3.8) is 0 Å². The Labute approximate surface area is 329 Å². The minimum atomic E-state index is -0.757. The average molecular weight is 751 g/mol. The van der Waals surface area contributed by atoms with E-state index in [0.717, 1.165) is 63.7 Å². The van der Waals surface area contributed by atoms with Gasteiger partial charge >= 0.3 is 17.9 Å². The summed E-state index contributed by atoms with van der Waals surface area (Å²) >= 11 is 0. The van der Waals surface area contributed by atoms with Gasteiger partial charge in [-0.05, 0) is 25.2 Å². The molecule has 0 aromatic heterocycles. The first kappa shape index (κ1) is 51.4. The molecule has 0 N–H and O–H groups in total. The van der Waals surface area contributed by atoms with E-state index in [1.807, 2.05) is 0 Å². The molecule has 0 radical (unpaired) electrons. The van der Waals surface area contributed by atoms with Crippen LogP contribution in [-0.4, -0.2) is 37.2 Å². The molecule has 53 heavy (non-hydrogen) atoms. The number of carbonyl (C=O) groups is 3. The largest absolute Gasteiger partial charge is 0.462 e. The van der Waals surface area contributed by atoms with Gasteiger partial charge in [0.2, 0.25) is 0 Å². The van der Waals surface area contributed by atoms with Gasteiger partial charge in [0, 0.05) is 19.3 Å². The molecule has 0 amide bonds. The molecule has 6 nitrogen and oxygen atoms in total. The SMILES string of the molecule is CCCCCCCCCCCCC(=O)OC[C@@H](COC(=O)CCCCCCCCCCCCCCCCC(C)CC)OC(=O)CCCCCCCCC. The van der Waals surface area contributed by atoms with Gasteiger partial charge in [0.25, 0.3) is 0 Å². The fourth-order valence-corrected chi connectivity index (χ4v) is 6.95. The molecule has 0 rings (SSSR count). The van der Waals surface area contributed by atoms with Gasteiger partial charge < -0.3 is 14.2 Å². The van der Waals surface area contributed by atoms with E-state index in [2.05, 4.69) is 27.7 Å². The molecule has 0 aliphatic heterocycles. The molecule has 0 heterocycles. The van der Waals surface area contributed by atoms with Gasteiger partial charge in [-0.15, -0.1) is 0 Å². The van der Waals surface area contributed by atoms with Gasteiger partial charge in [-0.3, -0.25) is 14.4 Å². The van der Waals surface area contributed by atoms with Gasteiger partial charge in [-0.2, -0.15) is 0 Å². The van der Waals surface area contributed by atoms with E-state index < -0.39 is 6.10 Å². The number of hydrogen-bond donors (Lipinski definition) is 0. The third-order valence-corrected chi connectivity index (χ3v) is 10.9. The van der Waals surface area contributed by atoms with Crippen LogP contribution in [0.2, 0.25) is 0 Å². The Kier molecular flexibility index (Phi) is 40.3. The Hall–Kier alpha value is -1.59. The van der Waals surface area contributed by atoms with Crippen molar-refractivity contribution in [2.45, 2.75) is 265 Å². The van der Waals surface area contributed by atoms with E-state index >= 15 is 0 Å². The van der Waals surface area contributed by atoms with Crippen molar-refractivity contribution in [3.8, 4) is 0 Å². The Morgan fingerprint density at radius 2 is 0.660 bits per heavy atom. The Balaban J connectivity index is 4.16. The van der Waals surface area contributed by atoms with E-state index in [0.29, 0.717) is 19.3 Å². The summed E-state index contributed by atoms with van der Waals surface area (Å²) in [4.78, 5) is 37.6. The van der Waals surface area contributed by atoms with Gasteiger partial charge in [0.05, 0.1) is 0 Å². The zero-order valence-electron chi connectivity index (χ0n) is 36.0. The first-order chi connectivity index (χ1) is 25.9. The van der Waals surface area contributed by atoms with Crippen LogP contribution in [0.15, 0.2) is 0 Å². The predicted molar refractivity (Wildman–Crippen MR) is 224 cm³/mol. The predicted octanol–water partition coefficient (Wildman–Crippen LogP) is 14.7. The number of unbranched alkanes of at least 4 members (excludes halogenated alkanes) is 28. The van der Waals surface area contributed by atoms with E-state index in [1.165, 1.54) is 154 Å². The molecule has 1 unspecified atom stereocenters. The number of ether oxygens (including phenoxy) is 3. The van der Waals surface area contributed by atoms with Crippen molar-refractivity contribution in [2.24, 2.45) is 5.92 Å². The molecule has 0 aromatic rings. The van der Waals surface area contributed by atoms with Gasteiger partial charge in [0.1, 0.15) is 13.2 Å². The summed E-state index contributed by atoms with van der Waals surface area (Å²) in [5.41, 5.74) is 0. The van der Waals surface area contributed by atoms with Crippen LogP contribution >= 0.6 is 0 Å². The summed E-state index contributed by atoms with van der Waals surface area (Å²) in [6.45, 7) is 8.99. The molecule has 2 atom stereocenters. The molecule has 0 fully saturated rings. The number of esters is 3. The molecular weight excluding hydrogens is 661 g/mol. The molecule has 0 aromatic carbocycles. The fraction of sp³-hybridized carbons (Fsp3) is 0.936. The maximum Gasteiger partial charge on any atom is 0.306 e. The Bertz CT molecular complexity index is 798. The molecule has 0 aliphatic rings. The van der Waals surface area contributed by atoms with Crippen LogP contribution in [0.25, 0.3) is 0 Å². The number of rotatable bonds is 42. The highest BCUT2D eigenvalue weighted by molar-refractivity contribution is 5.71. The van der Waals surface area contributed by atoms with E-state index in [4.69, 9.17) is 14.2 Å². The summed E-state index contributed by atoms with van der Waals surface area (Å²) < 4.78 is 16.7. The molecular formula is C47H90O6. The monoisotopic (exact) mass is 751 g/mol. The van der Waals surface area contributed by atoms with E-state index in [1.54, 1.807) is 0 Å². The standard InChI is InChI=1S/C47H90O6/c1-5-8-10-12-14-15-23-27-30-34-38-45(48)51-41-44(53-47(50)40-36-32-25-13-11-9-6-2)42-52-46(49)39-35-31-28-24-21-19-17-16-18-20-22-26-29-33-37-43(4)7-3/h43-44H,5-42H2,1-4H3/t43?,44-/m0/s1. The molecule has 0 saturated heterocycles. The third-order valence-electron chi connectivity index (χ3n) is 10.9. The van der Waals surface area contributed by atoms with E-state index in [9.17, 15) is 14.4 Å². The summed E-state index contributed by atoms with van der Waals surface area (Å²) in [5.74, 6) is 0.0354. The first-order valence-electron chi connectivity index (χ1n) is 23.4. The number of carbonyl (C=O) groups excluding carboxylic acids is 3. The van der Waals surface area contributed by atoms with Crippen LogP contribution in [-0.2, 0) is 28.6 Å². The van der Waals surface area contributed by atoms with Crippen molar-refractivity contribution in [2.75, 3.05) is 13.2 Å². The van der Waals surface area contributed by atoms with Crippen LogP contribution in [0.4, 0.5) is 0 Å². The van der Waals surface area contributed by atoms with Gasteiger partial charge in [-0.1, -0.05) is 220 Å². The van der Waals surface area contributed by atoms with Crippen molar-refractivity contribution in [1.82, 2.24) is 0 Å².